The molecule has 11 amide bonds. The van der Waals surface area contributed by atoms with Crippen LogP contribution in [-0.2, 0) is 65.7 Å². The van der Waals surface area contributed by atoms with Gasteiger partial charge in [-0.2, -0.15) is 0 Å². The van der Waals surface area contributed by atoms with Gasteiger partial charge in [-0.15, -0.1) is 11.3 Å². The van der Waals surface area contributed by atoms with Crippen LogP contribution < -0.4 is 60.2 Å². The van der Waals surface area contributed by atoms with Crippen LogP contribution in [-0.4, -0.2) is 147 Å². The van der Waals surface area contributed by atoms with Crippen LogP contribution in [0.4, 0.5) is 0 Å². The fourth-order valence-electron chi connectivity index (χ4n) is 6.91. The summed E-state index contributed by atoms with van der Waals surface area (Å²) in [6.45, 7) is 5.50. The van der Waals surface area contributed by atoms with Gasteiger partial charge in [-0.3, -0.25) is 52.7 Å². The number of amides is 11. The first kappa shape index (κ1) is 59.8. The maximum atomic E-state index is 14.7. The maximum absolute atomic E-state index is 14.7. The molecule has 0 radical (unpaired) electrons. The number of aromatic nitrogens is 1. The minimum atomic E-state index is -1.80. The van der Waals surface area contributed by atoms with E-state index in [9.17, 15) is 57.8 Å². The van der Waals surface area contributed by atoms with Crippen molar-refractivity contribution in [3.05, 3.63) is 46.4 Å². The maximum Gasteiger partial charge on any atom is 0.246 e. The van der Waals surface area contributed by atoms with Crippen molar-refractivity contribution in [1.29, 1.82) is 0 Å². The van der Waals surface area contributed by atoms with E-state index >= 15 is 0 Å². The molecule has 28 heteroatoms. The molecule has 0 aliphatic carbocycles. The SMILES string of the molecule is CC[C@H](C)[C@@H]1NC(=O)[C@H](Cc2ccc(O)cc2)NC(=O)[C@@H](N)CSSC[C@@H](C(=O)N(CC(=O)N[C@@H](CC(C)C)C(=O)NCC(N)=O)Cc2nccs2)NC(=O)[C@H](CC(N)=O)NC(=O)[C@H](CCC(N)=O)NC1=O. The number of nitrogens with two attached hydrogens (primary N) is 4. The molecule has 1 aromatic heterocycles. The first-order valence-corrected chi connectivity index (χ1v) is 26.2. The molecule has 8 atom stereocenters. The molecule has 16 N–H and O–H groups in total. The normalized spacial score (nSPS) is 21.6. The van der Waals surface area contributed by atoms with E-state index < -0.39 is 146 Å². The van der Waals surface area contributed by atoms with Crippen molar-refractivity contribution in [2.24, 2.45) is 34.8 Å². The zero-order valence-electron chi connectivity index (χ0n) is 40.3. The Bertz CT molecular complexity index is 2240. The fourth-order valence-corrected chi connectivity index (χ4v) is 9.82. The highest BCUT2D eigenvalue weighted by atomic mass is 33.1. The van der Waals surface area contributed by atoms with Crippen molar-refractivity contribution < 1.29 is 57.8 Å². The van der Waals surface area contributed by atoms with Crippen LogP contribution in [0.15, 0.2) is 35.8 Å². The number of nitrogens with one attached hydrogen (secondary N) is 7. The van der Waals surface area contributed by atoms with E-state index in [0.29, 0.717) is 17.0 Å². The van der Waals surface area contributed by atoms with Gasteiger partial charge < -0.3 is 70.2 Å². The molecule has 2 aromatic rings. The molecule has 0 spiro atoms. The van der Waals surface area contributed by atoms with Gasteiger partial charge in [0.2, 0.25) is 65.0 Å². The predicted octanol–water partition coefficient (Wildman–Crippen LogP) is -3.11. The van der Waals surface area contributed by atoms with Crippen molar-refractivity contribution in [2.75, 3.05) is 24.6 Å². The largest absolute Gasteiger partial charge is 0.508 e. The smallest absolute Gasteiger partial charge is 0.246 e. The number of aromatic hydroxyl groups is 1. The van der Waals surface area contributed by atoms with Gasteiger partial charge in [0, 0.05) is 35.9 Å². The Morgan fingerprint density at radius 2 is 1.43 bits per heavy atom. The highest BCUT2D eigenvalue weighted by Gasteiger charge is 2.37. The minimum absolute atomic E-state index is 0.0542. The second kappa shape index (κ2) is 29.7. The van der Waals surface area contributed by atoms with Crippen molar-refractivity contribution in [1.82, 2.24) is 47.1 Å². The Balaban J connectivity index is 2.11. The van der Waals surface area contributed by atoms with E-state index in [2.05, 4.69) is 42.2 Å². The van der Waals surface area contributed by atoms with E-state index in [1.807, 2.05) is 0 Å². The molecule has 1 aliphatic heterocycles. The molecule has 0 saturated carbocycles. The quantitative estimate of drug-likeness (QED) is 0.0584. The summed E-state index contributed by atoms with van der Waals surface area (Å²) in [5.74, 6) is -11.0. The Labute approximate surface area is 427 Å². The number of benzene rings is 1. The Morgan fingerprint density at radius 3 is 2.03 bits per heavy atom. The standard InChI is InChI=1S/C44H65N13O12S3/c1-5-23(4)37-43(68)52-27(10-11-32(46)59)40(65)54-30(16-33(47)60)41(66)55-31(21-72-71-20-26(45)38(63)53-29(42(67)56-37)15-24-6-8-25(58)9-7-24)44(69)57(19-36-49-12-13-70-36)18-35(62)51-28(14-22(2)3)39(64)50-17-34(48)61/h6-9,12-13,22-23,26-31,37,58H,5,10-11,14-21,45H2,1-4H3,(H2,46,59)(H2,47,60)(H2,48,61)(H,50,64)(H,51,62)(H,52,68)(H,53,63)(H,54,65)(H,55,66)(H,56,67)/t23-,26-,27-,28-,29-,30-,31-,37-/m0/s1. The van der Waals surface area contributed by atoms with E-state index in [1.54, 1.807) is 33.1 Å². The van der Waals surface area contributed by atoms with Crippen molar-refractivity contribution in [2.45, 2.75) is 115 Å². The van der Waals surface area contributed by atoms with Crippen molar-refractivity contribution >= 4 is 97.9 Å². The molecule has 25 nitrogen and oxygen atoms in total. The number of phenols is 1. The molecule has 1 saturated heterocycles. The second-order valence-electron chi connectivity index (χ2n) is 17.4. The molecule has 1 aliphatic rings. The van der Waals surface area contributed by atoms with Gasteiger partial charge in [-0.1, -0.05) is 67.8 Å². The molecule has 1 aromatic carbocycles. The average Bonchev–Trinajstić information content (AvgIpc) is 3.83. The third-order valence-corrected chi connectivity index (χ3v) is 14.1. The van der Waals surface area contributed by atoms with Gasteiger partial charge in [0.05, 0.1) is 25.6 Å². The number of carbonyl (C=O) groups is 11. The molecular weight excluding hydrogens is 999 g/mol. The summed E-state index contributed by atoms with van der Waals surface area (Å²) in [7, 11) is 1.98. The van der Waals surface area contributed by atoms with Gasteiger partial charge in [-0.05, 0) is 42.4 Å². The van der Waals surface area contributed by atoms with E-state index in [1.165, 1.54) is 30.5 Å². The van der Waals surface area contributed by atoms with Gasteiger partial charge in [0.25, 0.3) is 0 Å². The first-order valence-electron chi connectivity index (χ1n) is 22.9. The Kier molecular flexibility index (Phi) is 24.7. The summed E-state index contributed by atoms with van der Waals surface area (Å²) < 4.78 is 0. The molecular formula is C44H65N13O12S3. The molecule has 2 heterocycles. The first-order chi connectivity index (χ1) is 34.0. The van der Waals surface area contributed by atoms with Gasteiger partial charge in [0.1, 0.15) is 53.6 Å². The number of hydrogen-bond acceptors (Lipinski definition) is 17. The third kappa shape index (κ3) is 20.7. The summed E-state index contributed by atoms with van der Waals surface area (Å²) in [4.78, 5) is 153. The van der Waals surface area contributed by atoms with Crippen LogP contribution in [0, 0.1) is 11.8 Å². The molecule has 72 heavy (non-hydrogen) atoms. The predicted molar refractivity (Wildman–Crippen MR) is 267 cm³/mol. The van der Waals surface area contributed by atoms with Crippen LogP contribution in [0.5, 0.6) is 5.75 Å². The van der Waals surface area contributed by atoms with Gasteiger partial charge >= 0.3 is 0 Å². The zero-order valence-corrected chi connectivity index (χ0v) is 42.8. The van der Waals surface area contributed by atoms with Crippen LogP contribution in [0.2, 0.25) is 0 Å². The lowest BCUT2D eigenvalue weighted by Crippen LogP contribution is -2.61. The Morgan fingerprint density at radius 1 is 0.806 bits per heavy atom. The van der Waals surface area contributed by atoms with Crippen molar-refractivity contribution in [3.63, 3.8) is 0 Å². The average molecular weight is 1060 g/mol. The fraction of sp³-hybridized carbons (Fsp3) is 0.545. The summed E-state index contributed by atoms with van der Waals surface area (Å²) in [6.07, 6.45) is 0.114. The summed E-state index contributed by atoms with van der Waals surface area (Å²) in [5, 5.41) is 29.6. The number of carbonyl (C=O) groups excluding carboxylic acids is 11. The molecule has 3 rings (SSSR count). The molecule has 396 valence electrons. The minimum Gasteiger partial charge on any atom is -0.508 e. The van der Waals surface area contributed by atoms with E-state index in [0.717, 1.165) is 37.8 Å². The van der Waals surface area contributed by atoms with Crippen LogP contribution >= 0.6 is 32.9 Å². The van der Waals surface area contributed by atoms with Gasteiger partial charge in [0.15, 0.2) is 0 Å². The number of nitrogens with zero attached hydrogens (tertiary/aromatic N) is 2. The summed E-state index contributed by atoms with van der Waals surface area (Å²) in [5.41, 5.74) is 23.0. The highest BCUT2D eigenvalue weighted by molar-refractivity contribution is 8.76. The molecule has 0 bridgehead atoms. The zero-order chi connectivity index (χ0) is 53.7. The number of rotatable bonds is 20. The monoisotopic (exact) mass is 1060 g/mol. The van der Waals surface area contributed by atoms with Gasteiger partial charge in [-0.25, -0.2) is 4.98 Å². The topological polar surface area (TPSA) is 412 Å². The lowest BCUT2D eigenvalue weighted by atomic mass is 9.96. The lowest BCUT2D eigenvalue weighted by molar-refractivity contribution is -0.141. The van der Waals surface area contributed by atoms with Crippen LogP contribution in [0.25, 0.3) is 0 Å². The summed E-state index contributed by atoms with van der Waals surface area (Å²) in [6, 6.07) is -4.24. The van der Waals surface area contributed by atoms with Crippen molar-refractivity contribution in [3.8, 4) is 5.75 Å². The Hall–Kier alpha value is -6.52. The van der Waals surface area contributed by atoms with E-state index in [-0.39, 0.29) is 42.6 Å². The molecule has 1 fully saturated rings. The van der Waals surface area contributed by atoms with Crippen LogP contribution in [0.1, 0.15) is 70.4 Å². The lowest BCUT2D eigenvalue weighted by Gasteiger charge is -2.30. The second-order valence-corrected chi connectivity index (χ2v) is 20.9. The molecule has 0 unspecified atom stereocenters. The summed E-state index contributed by atoms with van der Waals surface area (Å²) >= 11 is 1.14. The van der Waals surface area contributed by atoms with E-state index in [4.69, 9.17) is 22.9 Å². The number of phenolic OH excluding ortho intramolecular Hbond substituents is 1. The number of thiazole rings is 1. The highest BCUT2D eigenvalue weighted by Crippen LogP contribution is 2.24. The number of hydrogen-bond donors (Lipinski definition) is 12. The number of primary amides is 3. The van der Waals surface area contributed by atoms with Crippen LogP contribution in [0.3, 0.4) is 0 Å². The third-order valence-electron chi connectivity index (χ3n) is 10.9.